The molecule has 0 radical (unpaired) electrons. The van der Waals surface area contributed by atoms with E-state index in [1.54, 1.807) is 18.2 Å². The molecule has 0 saturated heterocycles. The van der Waals surface area contributed by atoms with Gasteiger partial charge in [-0.3, -0.25) is 4.79 Å². The van der Waals surface area contributed by atoms with Gasteiger partial charge in [-0.1, -0.05) is 11.6 Å². The second-order valence-electron chi connectivity index (χ2n) is 4.82. The van der Waals surface area contributed by atoms with Crippen LogP contribution in [0.2, 0.25) is 5.02 Å². The maximum atomic E-state index is 10.9. The number of ether oxygens (including phenoxy) is 2. The molecule has 0 unspecified atom stereocenters. The molecule has 1 saturated carbocycles. The van der Waals surface area contributed by atoms with Gasteiger partial charge in [0.1, 0.15) is 0 Å². The largest absolute Gasteiger partial charge is 0.481 e. The highest BCUT2D eigenvalue weighted by Gasteiger charge is 2.45. The number of halogens is 1. The van der Waals surface area contributed by atoms with E-state index in [9.17, 15) is 4.79 Å². The summed E-state index contributed by atoms with van der Waals surface area (Å²) in [5, 5.41) is 9.59. The molecule has 1 aromatic rings. The van der Waals surface area contributed by atoms with Crippen LogP contribution in [-0.2, 0) is 4.79 Å². The lowest BCUT2D eigenvalue weighted by Crippen LogP contribution is -2.43. The van der Waals surface area contributed by atoms with Crippen LogP contribution in [0.25, 0.3) is 0 Å². The summed E-state index contributed by atoms with van der Waals surface area (Å²) < 4.78 is 11.7. The fourth-order valence-corrected chi connectivity index (χ4v) is 2.74. The van der Waals surface area contributed by atoms with Crippen LogP contribution in [0.15, 0.2) is 18.2 Å². The minimum atomic E-state index is -0.733. The number of hydrogen-bond donors (Lipinski definition) is 1. The van der Waals surface area contributed by atoms with E-state index in [2.05, 4.69) is 0 Å². The van der Waals surface area contributed by atoms with Crippen LogP contribution < -0.4 is 9.47 Å². The number of aliphatic carboxylic acids is 1. The Hall–Kier alpha value is -1.42. The zero-order valence-electron chi connectivity index (χ0n) is 9.69. The first-order chi connectivity index (χ1) is 8.58. The molecule has 18 heavy (non-hydrogen) atoms. The molecule has 0 aromatic heterocycles. The van der Waals surface area contributed by atoms with E-state index in [0.717, 1.165) is 0 Å². The summed E-state index contributed by atoms with van der Waals surface area (Å²) in [6.07, 6.45) is 2.35. The van der Waals surface area contributed by atoms with E-state index in [1.165, 1.54) is 0 Å². The molecule has 3 rings (SSSR count). The van der Waals surface area contributed by atoms with Crippen molar-refractivity contribution in [1.82, 2.24) is 0 Å². The third-order valence-corrected chi connectivity index (χ3v) is 3.83. The van der Waals surface area contributed by atoms with Crippen LogP contribution >= 0.6 is 11.6 Å². The van der Waals surface area contributed by atoms with Crippen LogP contribution in [0.4, 0.5) is 0 Å². The Morgan fingerprint density at radius 1 is 1.28 bits per heavy atom. The Balaban J connectivity index is 1.76. The van der Waals surface area contributed by atoms with Gasteiger partial charge in [0.2, 0.25) is 0 Å². The lowest BCUT2D eigenvalue weighted by molar-refractivity contribution is -0.150. The van der Waals surface area contributed by atoms with E-state index in [-0.39, 0.29) is 5.92 Å². The van der Waals surface area contributed by atoms with Gasteiger partial charge in [-0.2, -0.15) is 0 Å². The summed E-state index contributed by atoms with van der Waals surface area (Å²) >= 11 is 5.90. The fraction of sp³-hybridized carbons (Fsp3) is 0.462. The molecule has 1 aliphatic heterocycles. The van der Waals surface area contributed by atoms with E-state index >= 15 is 0 Å². The van der Waals surface area contributed by atoms with Crippen molar-refractivity contribution in [3.63, 3.8) is 0 Å². The quantitative estimate of drug-likeness (QED) is 0.850. The summed E-state index contributed by atoms with van der Waals surface area (Å²) in [6, 6.07) is 5.27. The third kappa shape index (κ3) is 1.90. The highest BCUT2D eigenvalue weighted by Crippen LogP contribution is 2.47. The lowest BCUT2D eigenvalue weighted by atomic mass is 9.85. The SMILES string of the molecule is O=C(O)C1CCC2(CC1)Oc1ccc(Cl)cc1O2. The van der Waals surface area contributed by atoms with Gasteiger partial charge < -0.3 is 14.6 Å². The second-order valence-corrected chi connectivity index (χ2v) is 5.25. The molecule has 1 spiro atoms. The normalized spacial score (nSPS) is 29.5. The lowest BCUT2D eigenvalue weighted by Gasteiger charge is -2.33. The van der Waals surface area contributed by atoms with Gasteiger partial charge in [0.15, 0.2) is 11.5 Å². The summed E-state index contributed by atoms with van der Waals surface area (Å²) in [5.41, 5.74) is 0. The van der Waals surface area contributed by atoms with Crippen LogP contribution in [0.5, 0.6) is 11.5 Å². The molecule has 96 valence electrons. The predicted molar refractivity (Wildman–Crippen MR) is 65.0 cm³/mol. The van der Waals surface area contributed by atoms with Crippen molar-refractivity contribution < 1.29 is 19.4 Å². The first-order valence-corrected chi connectivity index (χ1v) is 6.36. The standard InChI is InChI=1S/C13H13ClO4/c14-9-1-2-10-11(7-9)18-13(17-10)5-3-8(4-6-13)12(15)16/h1-2,7-8H,3-6H2,(H,15,16). The Morgan fingerprint density at radius 2 is 1.94 bits per heavy atom. The van der Waals surface area contributed by atoms with Crippen molar-refractivity contribution in [2.45, 2.75) is 31.5 Å². The Kier molecular flexibility index (Phi) is 2.63. The number of carboxylic acid groups (broad SMARTS) is 1. The van der Waals surface area contributed by atoms with Gasteiger partial charge in [0.05, 0.1) is 5.92 Å². The molecule has 0 bridgehead atoms. The van der Waals surface area contributed by atoms with E-state index in [1.807, 2.05) is 0 Å². The molecule has 2 aliphatic rings. The smallest absolute Gasteiger partial charge is 0.306 e. The van der Waals surface area contributed by atoms with Crippen LogP contribution in [0.1, 0.15) is 25.7 Å². The maximum Gasteiger partial charge on any atom is 0.306 e. The van der Waals surface area contributed by atoms with Gasteiger partial charge in [-0.25, -0.2) is 0 Å². The monoisotopic (exact) mass is 268 g/mol. The summed E-state index contributed by atoms with van der Waals surface area (Å²) in [6.45, 7) is 0. The van der Waals surface area contributed by atoms with Crippen molar-refractivity contribution in [3.05, 3.63) is 23.2 Å². The van der Waals surface area contributed by atoms with Crippen molar-refractivity contribution in [2.75, 3.05) is 0 Å². The summed E-state index contributed by atoms with van der Waals surface area (Å²) in [5.74, 6) is -0.359. The van der Waals surface area contributed by atoms with Crippen molar-refractivity contribution >= 4 is 17.6 Å². The third-order valence-electron chi connectivity index (χ3n) is 3.59. The number of carboxylic acids is 1. The van der Waals surface area contributed by atoms with Gasteiger partial charge in [-0.05, 0) is 25.0 Å². The van der Waals surface area contributed by atoms with Gasteiger partial charge in [0, 0.05) is 23.9 Å². The second kappa shape index (κ2) is 4.05. The molecular formula is C13H13ClO4. The predicted octanol–water partition coefficient (Wildman–Crippen LogP) is 3.08. The Labute approximate surface area is 109 Å². The minimum Gasteiger partial charge on any atom is -0.481 e. The van der Waals surface area contributed by atoms with Gasteiger partial charge in [0.25, 0.3) is 5.79 Å². The average molecular weight is 269 g/mol. The van der Waals surface area contributed by atoms with Crippen LogP contribution in [0.3, 0.4) is 0 Å². The number of fused-ring (bicyclic) bond motifs is 1. The van der Waals surface area contributed by atoms with Gasteiger partial charge in [-0.15, -0.1) is 0 Å². The molecule has 1 heterocycles. The molecule has 1 aliphatic carbocycles. The van der Waals surface area contributed by atoms with Crippen LogP contribution in [-0.4, -0.2) is 16.9 Å². The Morgan fingerprint density at radius 3 is 2.61 bits per heavy atom. The fourth-order valence-electron chi connectivity index (χ4n) is 2.58. The molecule has 0 amide bonds. The molecule has 0 atom stereocenters. The van der Waals surface area contributed by atoms with E-state index in [4.69, 9.17) is 26.2 Å². The van der Waals surface area contributed by atoms with E-state index < -0.39 is 11.8 Å². The molecule has 1 fully saturated rings. The maximum absolute atomic E-state index is 10.9. The molecule has 5 heteroatoms. The molecule has 1 N–H and O–H groups in total. The molecular weight excluding hydrogens is 256 g/mol. The highest BCUT2D eigenvalue weighted by molar-refractivity contribution is 6.30. The first kappa shape index (κ1) is 11.7. The minimum absolute atomic E-state index is 0.282. The van der Waals surface area contributed by atoms with Crippen LogP contribution in [0, 0.1) is 5.92 Å². The van der Waals surface area contributed by atoms with Crippen molar-refractivity contribution in [3.8, 4) is 11.5 Å². The summed E-state index contributed by atoms with van der Waals surface area (Å²) in [4.78, 5) is 10.9. The van der Waals surface area contributed by atoms with E-state index in [0.29, 0.717) is 42.2 Å². The molecule has 4 nitrogen and oxygen atoms in total. The van der Waals surface area contributed by atoms with Crippen molar-refractivity contribution in [1.29, 1.82) is 0 Å². The van der Waals surface area contributed by atoms with Gasteiger partial charge >= 0.3 is 5.97 Å². The topological polar surface area (TPSA) is 55.8 Å². The average Bonchev–Trinajstić information content (AvgIpc) is 2.66. The zero-order valence-corrected chi connectivity index (χ0v) is 10.4. The first-order valence-electron chi connectivity index (χ1n) is 5.98. The summed E-state index contributed by atoms with van der Waals surface area (Å²) in [7, 11) is 0. The number of hydrogen-bond acceptors (Lipinski definition) is 3. The number of rotatable bonds is 1. The number of benzene rings is 1. The highest BCUT2D eigenvalue weighted by atomic mass is 35.5. The zero-order chi connectivity index (χ0) is 12.8. The number of carbonyl (C=O) groups is 1. The molecule has 1 aromatic carbocycles. The Bertz CT molecular complexity index is 492. The van der Waals surface area contributed by atoms with Crippen molar-refractivity contribution in [2.24, 2.45) is 5.92 Å².